The third kappa shape index (κ3) is 4.05. The first-order valence-electron chi connectivity index (χ1n) is 6.18. The Balaban J connectivity index is 2.99. The lowest BCUT2D eigenvalue weighted by Gasteiger charge is -2.36. The fourth-order valence-corrected chi connectivity index (χ4v) is 1.66. The molecule has 0 aliphatic carbocycles. The number of carbonyl (C=O) groups excluding carboxylic acids is 1. The van der Waals surface area contributed by atoms with E-state index in [0.717, 1.165) is 0 Å². The molecule has 1 aromatic rings. The molecule has 1 unspecified atom stereocenters. The van der Waals surface area contributed by atoms with Crippen LogP contribution in [-0.2, 0) is 4.79 Å². The molecule has 1 heterocycles. The number of amides is 1. The molecule has 0 aliphatic rings. The second kappa shape index (κ2) is 5.82. The number of aliphatic carboxylic acids is 1. The lowest BCUT2D eigenvalue weighted by Crippen LogP contribution is -2.48. The summed E-state index contributed by atoms with van der Waals surface area (Å²) in [6.45, 7) is 7.42. The van der Waals surface area contributed by atoms with Gasteiger partial charge in [0.05, 0.1) is 11.5 Å². The largest absolute Gasteiger partial charge is 0.481 e. The van der Waals surface area contributed by atoms with Crippen LogP contribution >= 0.6 is 0 Å². The zero-order chi connectivity index (χ0) is 14.6. The van der Waals surface area contributed by atoms with E-state index < -0.39 is 17.4 Å². The number of hydrogen-bond donors (Lipinski definition) is 1. The molecule has 5 heteroatoms. The lowest BCUT2D eigenvalue weighted by molar-refractivity contribution is -0.141. The van der Waals surface area contributed by atoms with Crippen LogP contribution in [-0.4, -0.2) is 39.0 Å². The second-order valence-electron chi connectivity index (χ2n) is 5.57. The molecule has 1 N–H and O–H groups in total. The third-order valence-corrected chi connectivity index (χ3v) is 2.84. The summed E-state index contributed by atoms with van der Waals surface area (Å²) in [7, 11) is 0. The molecule has 0 saturated heterocycles. The molecular weight excluding hydrogens is 244 g/mol. The van der Waals surface area contributed by atoms with E-state index in [4.69, 9.17) is 5.11 Å². The molecule has 5 nitrogen and oxygen atoms in total. The predicted octanol–water partition coefficient (Wildman–Crippen LogP) is 2.04. The highest BCUT2D eigenvalue weighted by Gasteiger charge is 2.30. The van der Waals surface area contributed by atoms with E-state index in [0.29, 0.717) is 5.56 Å². The molecule has 0 aliphatic heterocycles. The van der Waals surface area contributed by atoms with Crippen molar-refractivity contribution in [1.82, 2.24) is 9.88 Å². The average Bonchev–Trinajstić information content (AvgIpc) is 2.34. The van der Waals surface area contributed by atoms with Crippen LogP contribution < -0.4 is 0 Å². The predicted molar refractivity (Wildman–Crippen MR) is 71.8 cm³/mol. The van der Waals surface area contributed by atoms with E-state index in [1.807, 2.05) is 20.8 Å². The van der Waals surface area contributed by atoms with Crippen molar-refractivity contribution in [2.45, 2.75) is 33.2 Å². The smallest absolute Gasteiger partial charge is 0.308 e. The Kier molecular flexibility index (Phi) is 4.64. The molecular formula is C14H20N2O3. The zero-order valence-corrected chi connectivity index (χ0v) is 11.8. The summed E-state index contributed by atoms with van der Waals surface area (Å²) in [5.41, 5.74) is 0.0198. The van der Waals surface area contributed by atoms with Gasteiger partial charge in [-0.2, -0.15) is 0 Å². The van der Waals surface area contributed by atoms with Crippen LogP contribution in [0.5, 0.6) is 0 Å². The molecule has 0 aromatic carbocycles. The molecule has 1 amide bonds. The summed E-state index contributed by atoms with van der Waals surface area (Å²) in [5, 5.41) is 9.00. The van der Waals surface area contributed by atoms with Gasteiger partial charge in [0.2, 0.25) is 0 Å². The second-order valence-corrected chi connectivity index (χ2v) is 5.57. The first kappa shape index (κ1) is 15.1. The van der Waals surface area contributed by atoms with Crippen molar-refractivity contribution in [2.75, 3.05) is 6.54 Å². The number of rotatable bonds is 4. The van der Waals surface area contributed by atoms with Gasteiger partial charge in [0, 0.05) is 24.5 Å². The van der Waals surface area contributed by atoms with Gasteiger partial charge >= 0.3 is 5.97 Å². The van der Waals surface area contributed by atoms with Gasteiger partial charge in [-0.15, -0.1) is 0 Å². The summed E-state index contributed by atoms with van der Waals surface area (Å²) in [6.07, 6.45) is 3.09. The highest BCUT2D eigenvalue weighted by molar-refractivity contribution is 5.94. The van der Waals surface area contributed by atoms with Gasteiger partial charge in [-0.1, -0.05) is 6.92 Å². The lowest BCUT2D eigenvalue weighted by atomic mass is 10.0. The number of pyridine rings is 1. The van der Waals surface area contributed by atoms with E-state index in [9.17, 15) is 9.59 Å². The molecule has 0 radical (unpaired) electrons. The quantitative estimate of drug-likeness (QED) is 0.903. The Morgan fingerprint density at radius 2 is 2.05 bits per heavy atom. The summed E-state index contributed by atoms with van der Waals surface area (Å²) < 4.78 is 0. The van der Waals surface area contributed by atoms with Crippen LogP contribution in [0.2, 0.25) is 0 Å². The fourth-order valence-electron chi connectivity index (χ4n) is 1.66. The van der Waals surface area contributed by atoms with Crippen LogP contribution in [0.4, 0.5) is 0 Å². The van der Waals surface area contributed by atoms with Gasteiger partial charge in [0.25, 0.3) is 5.91 Å². The monoisotopic (exact) mass is 264 g/mol. The third-order valence-electron chi connectivity index (χ3n) is 2.84. The van der Waals surface area contributed by atoms with Crippen LogP contribution in [0.15, 0.2) is 24.5 Å². The van der Waals surface area contributed by atoms with Gasteiger partial charge in [0.1, 0.15) is 0 Å². The first-order chi connectivity index (χ1) is 8.73. The van der Waals surface area contributed by atoms with E-state index in [-0.39, 0.29) is 12.5 Å². The Morgan fingerprint density at radius 1 is 1.42 bits per heavy atom. The summed E-state index contributed by atoms with van der Waals surface area (Å²) in [4.78, 5) is 28.9. The maximum Gasteiger partial charge on any atom is 0.308 e. The number of hydrogen-bond acceptors (Lipinski definition) is 3. The Labute approximate surface area is 113 Å². The Bertz CT molecular complexity index is 452. The highest BCUT2D eigenvalue weighted by atomic mass is 16.4. The van der Waals surface area contributed by atoms with Gasteiger partial charge in [-0.25, -0.2) is 0 Å². The minimum absolute atomic E-state index is 0.173. The van der Waals surface area contributed by atoms with Crippen molar-refractivity contribution < 1.29 is 14.7 Å². The molecule has 0 bridgehead atoms. The number of carbonyl (C=O) groups is 2. The van der Waals surface area contributed by atoms with Crippen LogP contribution in [0.3, 0.4) is 0 Å². The van der Waals surface area contributed by atoms with E-state index in [2.05, 4.69) is 4.98 Å². The molecule has 0 fully saturated rings. The summed E-state index contributed by atoms with van der Waals surface area (Å²) in [6, 6.07) is 3.37. The molecule has 1 atom stereocenters. The van der Waals surface area contributed by atoms with Crippen molar-refractivity contribution in [2.24, 2.45) is 5.92 Å². The van der Waals surface area contributed by atoms with Gasteiger partial charge in [-0.05, 0) is 32.9 Å². The van der Waals surface area contributed by atoms with E-state index in [1.54, 1.807) is 30.2 Å². The molecule has 19 heavy (non-hydrogen) atoms. The van der Waals surface area contributed by atoms with Gasteiger partial charge in [-0.3, -0.25) is 14.6 Å². The van der Waals surface area contributed by atoms with Crippen LogP contribution in [0.25, 0.3) is 0 Å². The molecule has 0 spiro atoms. The van der Waals surface area contributed by atoms with Crippen molar-refractivity contribution in [3.8, 4) is 0 Å². The maximum absolute atomic E-state index is 12.4. The molecule has 104 valence electrons. The van der Waals surface area contributed by atoms with Crippen LogP contribution in [0, 0.1) is 5.92 Å². The van der Waals surface area contributed by atoms with E-state index >= 15 is 0 Å². The zero-order valence-electron chi connectivity index (χ0n) is 11.8. The molecule has 1 aromatic heterocycles. The van der Waals surface area contributed by atoms with Crippen molar-refractivity contribution in [1.29, 1.82) is 0 Å². The molecule has 0 saturated carbocycles. The van der Waals surface area contributed by atoms with Crippen molar-refractivity contribution in [3.63, 3.8) is 0 Å². The minimum Gasteiger partial charge on any atom is -0.481 e. The molecule has 1 rings (SSSR count). The first-order valence-corrected chi connectivity index (χ1v) is 6.18. The SMILES string of the molecule is CC(CN(C(=O)c1cccnc1)C(C)(C)C)C(=O)O. The van der Waals surface area contributed by atoms with E-state index in [1.165, 1.54) is 6.20 Å². The summed E-state index contributed by atoms with van der Waals surface area (Å²) in [5.74, 6) is -1.72. The number of aromatic nitrogens is 1. The van der Waals surface area contributed by atoms with Crippen molar-refractivity contribution >= 4 is 11.9 Å². The van der Waals surface area contributed by atoms with Crippen molar-refractivity contribution in [3.05, 3.63) is 30.1 Å². The number of nitrogens with zero attached hydrogens (tertiary/aromatic N) is 2. The van der Waals surface area contributed by atoms with Gasteiger partial charge in [0.15, 0.2) is 0 Å². The standard InChI is InChI=1S/C14H20N2O3/c1-10(13(18)19)9-16(14(2,3)4)12(17)11-6-5-7-15-8-11/h5-8,10H,9H2,1-4H3,(H,18,19). The number of carboxylic acids is 1. The minimum atomic E-state index is -0.909. The van der Waals surface area contributed by atoms with Crippen LogP contribution in [0.1, 0.15) is 38.1 Å². The summed E-state index contributed by atoms with van der Waals surface area (Å²) >= 11 is 0. The number of carboxylic acid groups (broad SMARTS) is 1. The Morgan fingerprint density at radius 3 is 2.47 bits per heavy atom. The fraction of sp³-hybridized carbons (Fsp3) is 0.500. The Hall–Kier alpha value is -1.91. The highest BCUT2D eigenvalue weighted by Crippen LogP contribution is 2.19. The van der Waals surface area contributed by atoms with Gasteiger partial charge < -0.3 is 10.0 Å². The normalized spacial score (nSPS) is 12.8. The maximum atomic E-state index is 12.4. The topological polar surface area (TPSA) is 70.5 Å². The average molecular weight is 264 g/mol.